The minimum absolute atomic E-state index is 0. The van der Waals surface area contributed by atoms with Crippen LogP contribution in [0.25, 0.3) is 5.69 Å². The first-order valence-electron chi connectivity index (χ1n) is 7.70. The van der Waals surface area contributed by atoms with Crippen molar-refractivity contribution in [2.75, 3.05) is 26.7 Å². The van der Waals surface area contributed by atoms with E-state index in [-0.39, 0.29) is 24.4 Å². The van der Waals surface area contributed by atoms with Crippen LogP contribution < -0.4 is 10.1 Å². The van der Waals surface area contributed by atoms with Crippen LogP contribution in [0.4, 0.5) is 0 Å². The van der Waals surface area contributed by atoms with E-state index in [2.05, 4.69) is 15.6 Å². The molecule has 0 spiro atoms. The maximum atomic E-state index is 12.7. The van der Waals surface area contributed by atoms with Crippen LogP contribution in [0.15, 0.2) is 24.3 Å². The van der Waals surface area contributed by atoms with Crippen molar-refractivity contribution < 1.29 is 9.53 Å². The number of hydrogen-bond donors (Lipinski definition) is 1. The number of nitrogens with zero attached hydrogens (tertiary/aromatic N) is 4. The van der Waals surface area contributed by atoms with Gasteiger partial charge in [0, 0.05) is 25.7 Å². The Morgan fingerprint density at radius 2 is 2.04 bits per heavy atom. The molecule has 8 heteroatoms. The lowest BCUT2D eigenvalue weighted by molar-refractivity contribution is 0.0649. The first-order valence-corrected chi connectivity index (χ1v) is 7.70. The fourth-order valence-electron chi connectivity index (χ4n) is 2.77. The molecule has 7 nitrogen and oxygen atoms in total. The summed E-state index contributed by atoms with van der Waals surface area (Å²) in [4.78, 5) is 14.6. The van der Waals surface area contributed by atoms with E-state index in [0.717, 1.165) is 30.2 Å². The van der Waals surface area contributed by atoms with Gasteiger partial charge in [-0.1, -0.05) is 5.21 Å². The molecule has 0 radical (unpaired) electrons. The molecule has 1 aliphatic rings. The first kappa shape index (κ1) is 18.2. The van der Waals surface area contributed by atoms with Gasteiger partial charge in [-0.3, -0.25) is 4.79 Å². The van der Waals surface area contributed by atoms with Gasteiger partial charge in [0.15, 0.2) is 5.69 Å². The Bertz CT molecular complexity index is 701. The molecule has 0 aliphatic carbocycles. The number of carbonyl (C=O) groups excluding carboxylic acids is 1. The van der Waals surface area contributed by atoms with Crippen molar-refractivity contribution in [3.05, 3.63) is 35.7 Å². The number of carbonyl (C=O) groups is 1. The minimum Gasteiger partial charge on any atom is -0.497 e. The van der Waals surface area contributed by atoms with E-state index in [0.29, 0.717) is 12.2 Å². The smallest absolute Gasteiger partial charge is 0.276 e. The quantitative estimate of drug-likeness (QED) is 0.906. The number of halogens is 1. The van der Waals surface area contributed by atoms with Crippen molar-refractivity contribution in [2.24, 2.45) is 0 Å². The molecular formula is C16H22ClN5O2. The summed E-state index contributed by atoms with van der Waals surface area (Å²) in [7, 11) is 1.63. The van der Waals surface area contributed by atoms with Gasteiger partial charge < -0.3 is 15.0 Å². The van der Waals surface area contributed by atoms with E-state index in [4.69, 9.17) is 4.74 Å². The number of aromatic nitrogens is 3. The highest BCUT2D eigenvalue weighted by atomic mass is 35.5. The molecule has 1 fully saturated rings. The average molecular weight is 352 g/mol. The highest BCUT2D eigenvalue weighted by molar-refractivity contribution is 5.93. The Balaban J connectivity index is 0.00000208. The van der Waals surface area contributed by atoms with E-state index >= 15 is 0 Å². The lowest BCUT2D eigenvalue weighted by Gasteiger charge is -2.33. The van der Waals surface area contributed by atoms with E-state index in [1.54, 1.807) is 11.8 Å². The van der Waals surface area contributed by atoms with Crippen LogP contribution in [0.2, 0.25) is 0 Å². The van der Waals surface area contributed by atoms with Gasteiger partial charge in [-0.25, -0.2) is 4.68 Å². The maximum Gasteiger partial charge on any atom is 0.276 e. The van der Waals surface area contributed by atoms with Crippen LogP contribution in [0.5, 0.6) is 5.75 Å². The van der Waals surface area contributed by atoms with Crippen LogP contribution >= 0.6 is 12.4 Å². The van der Waals surface area contributed by atoms with Gasteiger partial charge in [0.1, 0.15) is 5.75 Å². The number of amides is 1. The van der Waals surface area contributed by atoms with Crippen molar-refractivity contribution in [3.63, 3.8) is 0 Å². The van der Waals surface area contributed by atoms with Gasteiger partial charge in [0.05, 0.1) is 18.5 Å². The fourth-order valence-corrected chi connectivity index (χ4v) is 2.77. The molecule has 1 aliphatic heterocycles. The molecule has 1 aromatic carbocycles. The van der Waals surface area contributed by atoms with Crippen LogP contribution in [-0.2, 0) is 0 Å². The molecule has 130 valence electrons. The lowest BCUT2D eigenvalue weighted by atomic mass is 10.2. The Morgan fingerprint density at radius 1 is 1.33 bits per heavy atom. The third-order valence-electron chi connectivity index (χ3n) is 4.18. The van der Waals surface area contributed by atoms with Crippen LogP contribution in [0.1, 0.15) is 23.1 Å². The predicted octanol–water partition coefficient (Wildman–Crippen LogP) is 1.44. The fraction of sp³-hybridized carbons (Fsp3) is 0.438. The highest BCUT2D eigenvalue weighted by Gasteiger charge is 2.28. The topological polar surface area (TPSA) is 72.3 Å². The summed E-state index contributed by atoms with van der Waals surface area (Å²) >= 11 is 0. The van der Waals surface area contributed by atoms with Crippen molar-refractivity contribution in [1.29, 1.82) is 0 Å². The summed E-state index contributed by atoms with van der Waals surface area (Å²) in [6.07, 6.45) is 0. The molecule has 0 bridgehead atoms. The molecule has 24 heavy (non-hydrogen) atoms. The molecule has 3 rings (SSSR count). The number of piperazine rings is 1. The first-order chi connectivity index (χ1) is 11.1. The number of benzene rings is 1. The Hall–Kier alpha value is -2.12. The molecule has 1 N–H and O–H groups in total. The lowest BCUT2D eigenvalue weighted by Crippen LogP contribution is -2.52. The van der Waals surface area contributed by atoms with Crippen LogP contribution in [0, 0.1) is 6.92 Å². The van der Waals surface area contributed by atoms with Crippen molar-refractivity contribution in [1.82, 2.24) is 25.2 Å². The zero-order chi connectivity index (χ0) is 16.4. The number of rotatable bonds is 3. The van der Waals surface area contributed by atoms with Crippen molar-refractivity contribution in [3.8, 4) is 11.4 Å². The van der Waals surface area contributed by atoms with Gasteiger partial charge in [-0.05, 0) is 38.1 Å². The second-order valence-electron chi connectivity index (χ2n) is 5.68. The maximum absolute atomic E-state index is 12.7. The SMILES string of the molecule is COc1ccc(-n2nnc(C(=O)N3CCNC[C@@H]3C)c2C)cc1.Cl. The van der Waals surface area contributed by atoms with E-state index in [9.17, 15) is 4.79 Å². The zero-order valence-electron chi connectivity index (χ0n) is 14.0. The molecule has 1 atom stereocenters. The largest absolute Gasteiger partial charge is 0.497 e. The third-order valence-corrected chi connectivity index (χ3v) is 4.18. The number of methoxy groups -OCH3 is 1. The molecule has 1 saturated heterocycles. The molecule has 0 unspecified atom stereocenters. The molecule has 2 heterocycles. The summed E-state index contributed by atoms with van der Waals surface area (Å²) in [5, 5.41) is 11.5. The van der Waals surface area contributed by atoms with Gasteiger partial charge >= 0.3 is 0 Å². The second kappa shape index (κ2) is 7.63. The van der Waals surface area contributed by atoms with Gasteiger partial charge in [0.2, 0.25) is 0 Å². The minimum atomic E-state index is -0.0590. The molecule has 1 amide bonds. The van der Waals surface area contributed by atoms with E-state index < -0.39 is 0 Å². The van der Waals surface area contributed by atoms with Crippen molar-refractivity contribution >= 4 is 18.3 Å². The van der Waals surface area contributed by atoms with E-state index in [1.807, 2.05) is 43.0 Å². The molecule has 0 saturated carbocycles. The second-order valence-corrected chi connectivity index (χ2v) is 5.68. The summed E-state index contributed by atoms with van der Waals surface area (Å²) in [5.41, 5.74) is 2.00. The standard InChI is InChI=1S/C16H21N5O2.ClH/c1-11-10-17-8-9-20(11)16(22)15-12(2)21(19-18-15)13-4-6-14(23-3)7-5-13;/h4-7,11,17H,8-10H2,1-3H3;1H/t11-;/m0./s1. The molecule has 2 aromatic rings. The summed E-state index contributed by atoms with van der Waals surface area (Å²) in [5.74, 6) is 0.716. The normalized spacial score (nSPS) is 17.3. The monoisotopic (exact) mass is 351 g/mol. The average Bonchev–Trinajstić information content (AvgIpc) is 2.96. The highest BCUT2D eigenvalue weighted by Crippen LogP contribution is 2.18. The zero-order valence-corrected chi connectivity index (χ0v) is 14.8. The molecule has 1 aromatic heterocycles. The van der Waals surface area contributed by atoms with Crippen LogP contribution in [0.3, 0.4) is 0 Å². The van der Waals surface area contributed by atoms with Crippen molar-refractivity contribution in [2.45, 2.75) is 19.9 Å². The Labute approximate surface area is 147 Å². The number of hydrogen-bond acceptors (Lipinski definition) is 5. The van der Waals surface area contributed by atoms with Gasteiger partial charge in [-0.2, -0.15) is 0 Å². The Kier molecular flexibility index (Phi) is 5.80. The van der Waals surface area contributed by atoms with Crippen LogP contribution in [-0.4, -0.2) is 58.6 Å². The summed E-state index contributed by atoms with van der Waals surface area (Å²) in [6.45, 7) is 6.20. The van der Waals surface area contributed by atoms with Gasteiger partial charge in [-0.15, -0.1) is 17.5 Å². The molecular weight excluding hydrogens is 330 g/mol. The van der Waals surface area contributed by atoms with Gasteiger partial charge in [0.25, 0.3) is 5.91 Å². The third kappa shape index (κ3) is 3.37. The summed E-state index contributed by atoms with van der Waals surface area (Å²) < 4.78 is 6.84. The number of nitrogens with one attached hydrogen (secondary N) is 1. The Morgan fingerprint density at radius 3 is 2.67 bits per heavy atom. The predicted molar refractivity (Wildman–Crippen MR) is 93.3 cm³/mol. The number of ether oxygens (including phenoxy) is 1. The summed E-state index contributed by atoms with van der Waals surface area (Å²) in [6, 6.07) is 7.65. The van der Waals surface area contributed by atoms with E-state index in [1.165, 1.54) is 0 Å².